The van der Waals surface area contributed by atoms with Crippen LogP contribution in [0.3, 0.4) is 0 Å². The Morgan fingerprint density at radius 2 is 2.04 bits per heavy atom. The molecule has 138 valence electrons. The molecule has 3 heterocycles. The second kappa shape index (κ2) is 7.66. The lowest BCUT2D eigenvalue weighted by molar-refractivity contribution is -0.115. The molecular formula is C18H17ClN6OS. The average Bonchev–Trinajstić information content (AvgIpc) is 3.44. The lowest BCUT2D eigenvalue weighted by Crippen LogP contribution is -2.23. The molecule has 3 aromatic heterocycles. The smallest absolute Gasteiger partial charge is 0.238 e. The first kappa shape index (κ1) is 17.9. The second-order valence-electron chi connectivity index (χ2n) is 6.25. The predicted octanol–water partition coefficient (Wildman–Crippen LogP) is 3.84. The zero-order valence-corrected chi connectivity index (χ0v) is 16.1. The summed E-state index contributed by atoms with van der Waals surface area (Å²) in [4.78, 5) is 20.7. The van der Waals surface area contributed by atoms with Gasteiger partial charge in [0.05, 0.1) is 10.3 Å². The van der Waals surface area contributed by atoms with E-state index in [1.54, 1.807) is 24.5 Å². The Balaban J connectivity index is 1.51. The number of rotatable bonds is 6. The molecular weight excluding hydrogens is 384 g/mol. The molecule has 3 aromatic rings. The van der Waals surface area contributed by atoms with Crippen molar-refractivity contribution >= 4 is 35.1 Å². The molecule has 0 saturated heterocycles. The molecule has 1 aliphatic carbocycles. The average molecular weight is 401 g/mol. The Hall–Kier alpha value is -2.45. The van der Waals surface area contributed by atoms with Crippen LogP contribution in [0.4, 0.5) is 5.82 Å². The van der Waals surface area contributed by atoms with E-state index < -0.39 is 0 Å². The molecule has 1 aliphatic rings. The minimum atomic E-state index is -0.352. The van der Waals surface area contributed by atoms with E-state index in [4.69, 9.17) is 11.6 Å². The summed E-state index contributed by atoms with van der Waals surface area (Å²) >= 11 is 7.22. The third-order valence-corrected chi connectivity index (χ3v) is 5.43. The number of hydrogen-bond donors (Lipinski definition) is 1. The fourth-order valence-corrected chi connectivity index (χ4v) is 3.64. The van der Waals surface area contributed by atoms with Crippen LogP contribution in [0.2, 0.25) is 5.02 Å². The molecule has 4 rings (SSSR count). The summed E-state index contributed by atoms with van der Waals surface area (Å²) in [6.45, 7) is 1.84. The number of carbonyl (C=O) groups excluding carboxylic acids is 1. The molecule has 0 radical (unpaired) electrons. The molecule has 1 atom stereocenters. The number of nitrogens with one attached hydrogen (secondary N) is 1. The van der Waals surface area contributed by atoms with Crippen molar-refractivity contribution in [2.45, 2.75) is 36.2 Å². The molecule has 1 fully saturated rings. The largest absolute Gasteiger partial charge is 0.310 e. The molecule has 0 aliphatic heterocycles. The minimum absolute atomic E-state index is 0.148. The van der Waals surface area contributed by atoms with Crippen LogP contribution in [0, 0.1) is 0 Å². The van der Waals surface area contributed by atoms with Crippen molar-refractivity contribution in [1.82, 2.24) is 24.7 Å². The summed E-state index contributed by atoms with van der Waals surface area (Å²) in [5.74, 6) is 1.14. The molecule has 0 spiro atoms. The van der Waals surface area contributed by atoms with Crippen molar-refractivity contribution in [3.63, 3.8) is 0 Å². The second-order valence-corrected chi connectivity index (χ2v) is 8.00. The number of nitrogens with zero attached hydrogens (tertiary/aromatic N) is 5. The molecule has 9 heteroatoms. The lowest BCUT2D eigenvalue weighted by atomic mass is 10.2. The summed E-state index contributed by atoms with van der Waals surface area (Å²) in [5, 5.41) is 12.4. The molecule has 0 bridgehead atoms. The van der Waals surface area contributed by atoms with Gasteiger partial charge in [-0.3, -0.25) is 14.3 Å². The van der Waals surface area contributed by atoms with Gasteiger partial charge in [-0.15, -0.1) is 10.2 Å². The van der Waals surface area contributed by atoms with E-state index in [-0.39, 0.29) is 11.2 Å². The first-order chi connectivity index (χ1) is 13.1. The van der Waals surface area contributed by atoms with Crippen molar-refractivity contribution in [1.29, 1.82) is 0 Å². The van der Waals surface area contributed by atoms with Gasteiger partial charge in [0, 0.05) is 30.2 Å². The van der Waals surface area contributed by atoms with Crippen LogP contribution in [0.15, 0.2) is 48.0 Å². The van der Waals surface area contributed by atoms with Crippen LogP contribution in [0.25, 0.3) is 11.4 Å². The molecule has 1 saturated carbocycles. The highest BCUT2D eigenvalue weighted by molar-refractivity contribution is 8.00. The summed E-state index contributed by atoms with van der Waals surface area (Å²) in [6, 6.07) is 7.58. The van der Waals surface area contributed by atoms with Crippen LogP contribution < -0.4 is 5.32 Å². The molecule has 1 amide bonds. The number of amides is 1. The van der Waals surface area contributed by atoms with Crippen LogP contribution >= 0.6 is 23.4 Å². The Morgan fingerprint density at radius 3 is 2.70 bits per heavy atom. The van der Waals surface area contributed by atoms with Gasteiger partial charge in [0.1, 0.15) is 5.82 Å². The molecule has 27 heavy (non-hydrogen) atoms. The van der Waals surface area contributed by atoms with Crippen molar-refractivity contribution in [3.05, 3.63) is 47.9 Å². The maximum atomic E-state index is 12.5. The Labute approximate surface area is 165 Å². The van der Waals surface area contributed by atoms with E-state index in [1.165, 1.54) is 18.0 Å². The quantitative estimate of drug-likeness (QED) is 0.632. The van der Waals surface area contributed by atoms with E-state index in [1.807, 2.05) is 19.1 Å². The maximum Gasteiger partial charge on any atom is 0.238 e. The van der Waals surface area contributed by atoms with Gasteiger partial charge in [-0.2, -0.15) is 0 Å². The highest BCUT2D eigenvalue weighted by atomic mass is 35.5. The molecule has 0 unspecified atom stereocenters. The highest BCUT2D eigenvalue weighted by Crippen LogP contribution is 2.41. The van der Waals surface area contributed by atoms with Gasteiger partial charge in [0.25, 0.3) is 0 Å². The van der Waals surface area contributed by atoms with Gasteiger partial charge >= 0.3 is 0 Å². The first-order valence-electron chi connectivity index (χ1n) is 8.56. The van der Waals surface area contributed by atoms with Crippen LogP contribution in [0.5, 0.6) is 0 Å². The normalized spacial score (nSPS) is 14.7. The zero-order valence-electron chi connectivity index (χ0n) is 14.5. The van der Waals surface area contributed by atoms with Crippen molar-refractivity contribution in [2.24, 2.45) is 0 Å². The fourth-order valence-electron chi connectivity index (χ4n) is 2.61. The van der Waals surface area contributed by atoms with E-state index in [2.05, 4.69) is 30.0 Å². The molecule has 1 N–H and O–H groups in total. The Bertz CT molecular complexity index is 942. The SMILES string of the molecule is C[C@H](Sc1nnc(-c2ccncc2)n1C1CC1)C(=O)Nc1ccc(Cl)cn1. The van der Waals surface area contributed by atoms with Crippen LogP contribution in [-0.2, 0) is 4.79 Å². The summed E-state index contributed by atoms with van der Waals surface area (Å²) in [6.07, 6.45) is 7.17. The van der Waals surface area contributed by atoms with E-state index in [0.29, 0.717) is 16.9 Å². The third-order valence-electron chi connectivity index (χ3n) is 4.15. The van der Waals surface area contributed by atoms with Crippen molar-refractivity contribution < 1.29 is 4.79 Å². The van der Waals surface area contributed by atoms with Gasteiger partial charge < -0.3 is 5.32 Å². The maximum absolute atomic E-state index is 12.5. The molecule has 0 aromatic carbocycles. The highest BCUT2D eigenvalue weighted by Gasteiger charge is 2.31. The van der Waals surface area contributed by atoms with E-state index >= 15 is 0 Å². The predicted molar refractivity (Wildman–Crippen MR) is 105 cm³/mol. The monoisotopic (exact) mass is 400 g/mol. The topological polar surface area (TPSA) is 85.6 Å². The van der Waals surface area contributed by atoms with E-state index in [0.717, 1.165) is 29.4 Å². The first-order valence-corrected chi connectivity index (χ1v) is 9.82. The number of hydrogen-bond acceptors (Lipinski definition) is 6. The Morgan fingerprint density at radius 1 is 1.26 bits per heavy atom. The van der Waals surface area contributed by atoms with Gasteiger partial charge in [-0.25, -0.2) is 4.98 Å². The van der Waals surface area contributed by atoms with Crippen LogP contribution in [-0.4, -0.2) is 35.9 Å². The van der Waals surface area contributed by atoms with Gasteiger partial charge in [-0.1, -0.05) is 23.4 Å². The Kier molecular flexibility index (Phi) is 5.09. The lowest BCUT2D eigenvalue weighted by Gasteiger charge is -2.13. The number of carbonyl (C=O) groups is 1. The fraction of sp³-hybridized carbons (Fsp3) is 0.278. The minimum Gasteiger partial charge on any atom is -0.310 e. The third kappa shape index (κ3) is 4.12. The van der Waals surface area contributed by atoms with Crippen molar-refractivity contribution in [2.75, 3.05) is 5.32 Å². The number of pyridine rings is 2. The number of thioether (sulfide) groups is 1. The zero-order chi connectivity index (χ0) is 18.8. The summed E-state index contributed by atoms with van der Waals surface area (Å²) < 4.78 is 2.13. The summed E-state index contributed by atoms with van der Waals surface area (Å²) in [7, 11) is 0. The van der Waals surface area contributed by atoms with Gasteiger partial charge in [0.15, 0.2) is 11.0 Å². The van der Waals surface area contributed by atoms with Gasteiger partial charge in [0.2, 0.25) is 5.91 Å². The van der Waals surface area contributed by atoms with Crippen LogP contribution in [0.1, 0.15) is 25.8 Å². The molecule has 7 nitrogen and oxygen atoms in total. The van der Waals surface area contributed by atoms with Crippen molar-refractivity contribution in [3.8, 4) is 11.4 Å². The van der Waals surface area contributed by atoms with E-state index in [9.17, 15) is 4.79 Å². The number of anilines is 1. The van der Waals surface area contributed by atoms with Gasteiger partial charge in [-0.05, 0) is 44.0 Å². The standard InChI is InChI=1S/C18H17ClN6OS/c1-11(17(26)22-15-5-2-13(19)10-21-15)27-18-24-23-16(25(18)14-3-4-14)12-6-8-20-9-7-12/h2,5-11,14H,3-4H2,1H3,(H,21,22,26)/t11-/m0/s1. The number of aromatic nitrogens is 5. The number of halogens is 1. The summed E-state index contributed by atoms with van der Waals surface area (Å²) in [5.41, 5.74) is 0.971.